The van der Waals surface area contributed by atoms with Gasteiger partial charge in [0.15, 0.2) is 0 Å². The lowest BCUT2D eigenvalue weighted by Gasteiger charge is -2.33. The van der Waals surface area contributed by atoms with Gasteiger partial charge in [0.1, 0.15) is 11.4 Å². The number of aromatic nitrogens is 2. The average molecular weight is 364 g/mol. The van der Waals surface area contributed by atoms with Crippen LogP contribution in [0.4, 0.5) is 8.78 Å². The molecule has 2 bridgehead atoms. The SMILES string of the molecule is COc1ccc2c(c1)C1(O)CCC2C1(C)C.Cc1cn(C)nc1C(F)F. The number of benzene rings is 1. The minimum Gasteiger partial charge on any atom is -0.497 e. The summed E-state index contributed by atoms with van der Waals surface area (Å²) in [4.78, 5) is 0. The van der Waals surface area contributed by atoms with Crippen LogP contribution in [0.1, 0.15) is 61.4 Å². The molecule has 1 aromatic heterocycles. The van der Waals surface area contributed by atoms with Gasteiger partial charge in [0.25, 0.3) is 6.43 Å². The summed E-state index contributed by atoms with van der Waals surface area (Å²) in [5.74, 6) is 1.34. The van der Waals surface area contributed by atoms with Crippen LogP contribution in [-0.4, -0.2) is 22.0 Å². The second-order valence-electron chi connectivity index (χ2n) is 7.80. The molecule has 0 spiro atoms. The van der Waals surface area contributed by atoms with E-state index in [0.29, 0.717) is 11.5 Å². The molecular formula is C20H26F2N2O2. The zero-order chi connectivity index (χ0) is 19.3. The van der Waals surface area contributed by atoms with Gasteiger partial charge in [-0.05, 0) is 54.5 Å². The van der Waals surface area contributed by atoms with Crippen LogP contribution in [0.15, 0.2) is 24.4 Å². The van der Waals surface area contributed by atoms with Crippen molar-refractivity contribution in [1.29, 1.82) is 0 Å². The number of fused-ring (bicyclic) bond motifs is 5. The van der Waals surface area contributed by atoms with Crippen molar-refractivity contribution in [2.75, 3.05) is 7.11 Å². The van der Waals surface area contributed by atoms with Crippen LogP contribution in [0.25, 0.3) is 0 Å². The van der Waals surface area contributed by atoms with Crippen molar-refractivity contribution < 1.29 is 18.6 Å². The molecular weight excluding hydrogens is 338 g/mol. The van der Waals surface area contributed by atoms with Crippen molar-refractivity contribution in [2.45, 2.75) is 51.6 Å². The first-order valence-electron chi connectivity index (χ1n) is 8.81. The van der Waals surface area contributed by atoms with E-state index >= 15 is 0 Å². The molecule has 2 atom stereocenters. The van der Waals surface area contributed by atoms with Crippen molar-refractivity contribution in [3.8, 4) is 5.75 Å². The van der Waals surface area contributed by atoms with Crippen LogP contribution in [0.3, 0.4) is 0 Å². The van der Waals surface area contributed by atoms with Gasteiger partial charge in [-0.1, -0.05) is 19.9 Å². The third kappa shape index (κ3) is 2.71. The third-order valence-corrected chi connectivity index (χ3v) is 6.07. The molecule has 2 aliphatic rings. The number of halogens is 2. The highest BCUT2D eigenvalue weighted by Crippen LogP contribution is 2.66. The third-order valence-electron chi connectivity index (χ3n) is 6.07. The summed E-state index contributed by atoms with van der Waals surface area (Å²) in [7, 11) is 3.29. The zero-order valence-electron chi connectivity index (χ0n) is 15.9. The van der Waals surface area contributed by atoms with Crippen molar-refractivity contribution >= 4 is 0 Å². The van der Waals surface area contributed by atoms with Crippen molar-refractivity contribution in [2.24, 2.45) is 12.5 Å². The fourth-order valence-electron chi connectivity index (χ4n) is 4.51. The maximum atomic E-state index is 12.0. The predicted octanol–water partition coefficient (Wildman–Crippen LogP) is 4.47. The molecule has 0 saturated heterocycles. The molecule has 1 aromatic carbocycles. The predicted molar refractivity (Wildman–Crippen MR) is 95.5 cm³/mol. The van der Waals surface area contributed by atoms with E-state index in [0.717, 1.165) is 24.2 Å². The topological polar surface area (TPSA) is 47.3 Å². The highest BCUT2D eigenvalue weighted by molar-refractivity contribution is 5.50. The number of hydrogen-bond acceptors (Lipinski definition) is 3. The van der Waals surface area contributed by atoms with Gasteiger partial charge in [0, 0.05) is 18.7 Å². The van der Waals surface area contributed by atoms with E-state index in [-0.39, 0.29) is 11.1 Å². The van der Waals surface area contributed by atoms with Gasteiger partial charge >= 0.3 is 0 Å². The highest BCUT2D eigenvalue weighted by Gasteiger charge is 2.61. The number of rotatable bonds is 2. The number of nitrogens with zero attached hydrogens (tertiary/aromatic N) is 2. The summed E-state index contributed by atoms with van der Waals surface area (Å²) in [5.41, 5.74) is 2.14. The smallest absolute Gasteiger partial charge is 0.282 e. The van der Waals surface area contributed by atoms with Crippen molar-refractivity contribution in [1.82, 2.24) is 9.78 Å². The van der Waals surface area contributed by atoms with Gasteiger partial charge in [-0.3, -0.25) is 4.68 Å². The molecule has 0 amide bonds. The minimum atomic E-state index is -2.46. The molecule has 1 heterocycles. The van der Waals surface area contributed by atoms with Crippen molar-refractivity contribution in [3.63, 3.8) is 0 Å². The number of alkyl halides is 2. The first-order chi connectivity index (χ1) is 12.1. The molecule has 2 aromatic rings. The Kier molecular flexibility index (Phi) is 4.59. The molecule has 6 heteroatoms. The number of aliphatic hydroxyl groups is 1. The van der Waals surface area contributed by atoms with Crippen LogP contribution in [0.2, 0.25) is 0 Å². The molecule has 1 saturated carbocycles. The van der Waals surface area contributed by atoms with E-state index in [1.807, 2.05) is 12.1 Å². The van der Waals surface area contributed by atoms with E-state index in [9.17, 15) is 13.9 Å². The van der Waals surface area contributed by atoms with Crippen LogP contribution in [0, 0.1) is 12.3 Å². The first kappa shape index (κ1) is 18.8. The Bertz CT molecular complexity index is 816. The van der Waals surface area contributed by atoms with Crippen LogP contribution in [0.5, 0.6) is 5.75 Å². The second kappa shape index (κ2) is 6.34. The fourth-order valence-corrected chi connectivity index (χ4v) is 4.51. The van der Waals surface area contributed by atoms with Crippen LogP contribution < -0.4 is 4.74 Å². The molecule has 0 radical (unpaired) electrons. The Hall–Kier alpha value is -1.95. The lowest BCUT2D eigenvalue weighted by Crippen LogP contribution is -2.34. The van der Waals surface area contributed by atoms with Gasteiger partial charge < -0.3 is 9.84 Å². The molecule has 1 fully saturated rings. The monoisotopic (exact) mass is 364 g/mol. The van der Waals surface area contributed by atoms with Gasteiger partial charge in [0.05, 0.1) is 12.7 Å². The van der Waals surface area contributed by atoms with Gasteiger partial charge in [-0.2, -0.15) is 5.10 Å². The Morgan fingerprint density at radius 3 is 2.54 bits per heavy atom. The Balaban J connectivity index is 0.000000170. The maximum absolute atomic E-state index is 12.0. The molecule has 2 aliphatic carbocycles. The van der Waals surface area contributed by atoms with Gasteiger partial charge in [-0.25, -0.2) is 8.78 Å². The Morgan fingerprint density at radius 2 is 2.04 bits per heavy atom. The summed E-state index contributed by atoms with van der Waals surface area (Å²) < 4.78 is 30.6. The number of ether oxygens (including phenoxy) is 1. The Morgan fingerprint density at radius 1 is 1.35 bits per heavy atom. The fraction of sp³-hybridized carbons (Fsp3) is 0.550. The average Bonchev–Trinajstić information content (AvgIpc) is 3.10. The van der Waals surface area contributed by atoms with Gasteiger partial charge in [0.2, 0.25) is 0 Å². The Labute approximate surface area is 152 Å². The molecule has 0 aliphatic heterocycles. The quantitative estimate of drug-likeness (QED) is 0.855. The summed E-state index contributed by atoms with van der Waals surface area (Å²) in [6.07, 6.45) is 1.09. The number of hydrogen-bond donors (Lipinski definition) is 1. The maximum Gasteiger partial charge on any atom is 0.282 e. The highest BCUT2D eigenvalue weighted by atomic mass is 19.3. The molecule has 4 rings (SSSR count). The molecule has 142 valence electrons. The lowest BCUT2D eigenvalue weighted by atomic mass is 9.77. The van der Waals surface area contributed by atoms with Gasteiger partial charge in [-0.15, -0.1) is 0 Å². The summed E-state index contributed by atoms with van der Waals surface area (Å²) in [6.45, 7) is 5.97. The first-order valence-corrected chi connectivity index (χ1v) is 8.81. The number of aryl methyl sites for hydroxylation is 2. The summed E-state index contributed by atoms with van der Waals surface area (Å²) in [5, 5.41) is 14.5. The van der Waals surface area contributed by atoms with Crippen molar-refractivity contribution in [3.05, 3.63) is 46.8 Å². The second-order valence-corrected chi connectivity index (χ2v) is 7.80. The normalized spacial score (nSPS) is 25.0. The molecule has 26 heavy (non-hydrogen) atoms. The standard InChI is InChI=1S/C14H18O2.C6H8F2N2/c1-13(2)11-6-7-14(13,15)12-8-9(16-3)4-5-10(11)12;1-4-3-10(2)9-5(4)6(7)8/h4-5,8,11,15H,6-7H2,1-3H3;3,6H,1-2H3. The number of methoxy groups -OCH3 is 1. The van der Waals surface area contributed by atoms with E-state index < -0.39 is 12.0 Å². The molecule has 1 N–H and O–H groups in total. The van der Waals surface area contributed by atoms with E-state index in [1.165, 1.54) is 10.2 Å². The zero-order valence-corrected chi connectivity index (χ0v) is 15.9. The minimum absolute atomic E-state index is 0.0400. The van der Waals surface area contributed by atoms with Crippen LogP contribution in [-0.2, 0) is 12.6 Å². The molecule has 4 nitrogen and oxygen atoms in total. The van der Waals surface area contributed by atoms with Crippen LogP contribution >= 0.6 is 0 Å². The summed E-state index contributed by atoms with van der Waals surface area (Å²) in [6, 6.07) is 6.13. The lowest BCUT2D eigenvalue weighted by molar-refractivity contribution is -0.0410. The van der Waals surface area contributed by atoms with E-state index in [1.54, 1.807) is 27.3 Å². The largest absolute Gasteiger partial charge is 0.497 e. The summed E-state index contributed by atoms with van der Waals surface area (Å²) >= 11 is 0. The molecule has 2 unspecified atom stereocenters. The van der Waals surface area contributed by atoms with E-state index in [2.05, 4.69) is 25.0 Å². The van der Waals surface area contributed by atoms with E-state index in [4.69, 9.17) is 4.74 Å².